The molecule has 0 saturated heterocycles. The summed E-state index contributed by atoms with van der Waals surface area (Å²) in [5, 5.41) is 0.135. The third kappa shape index (κ3) is 2.50. The molecular formula is C10H5F2N2S. The first kappa shape index (κ1) is 10.0. The van der Waals surface area contributed by atoms with Crippen LogP contribution in [-0.4, -0.2) is 9.97 Å². The maximum atomic E-state index is 13.1. The van der Waals surface area contributed by atoms with Crippen molar-refractivity contribution in [3.05, 3.63) is 48.4 Å². The average Bonchev–Trinajstić information content (AvgIpc) is 2.22. The molecule has 2 aromatic rings. The van der Waals surface area contributed by atoms with Gasteiger partial charge in [-0.25, -0.2) is 18.7 Å². The van der Waals surface area contributed by atoms with Gasteiger partial charge in [-0.15, -0.1) is 0 Å². The molecule has 0 saturated carbocycles. The van der Waals surface area contributed by atoms with Gasteiger partial charge in [-0.3, -0.25) is 0 Å². The third-order valence-corrected chi connectivity index (χ3v) is 2.57. The summed E-state index contributed by atoms with van der Waals surface area (Å²) in [6.45, 7) is 0. The Kier molecular flexibility index (Phi) is 2.91. The Morgan fingerprint density at radius 3 is 2.87 bits per heavy atom. The lowest BCUT2D eigenvalue weighted by molar-refractivity contribution is 0.577. The predicted molar refractivity (Wildman–Crippen MR) is 51.3 cm³/mol. The molecule has 2 nitrogen and oxygen atoms in total. The molecule has 0 amide bonds. The van der Waals surface area contributed by atoms with Gasteiger partial charge < -0.3 is 0 Å². The van der Waals surface area contributed by atoms with Crippen LogP contribution >= 0.6 is 11.8 Å². The Hall–Kier alpha value is -1.49. The Balaban J connectivity index is 2.26. The van der Waals surface area contributed by atoms with Crippen LogP contribution < -0.4 is 0 Å². The van der Waals surface area contributed by atoms with Crippen LogP contribution in [0.5, 0.6) is 0 Å². The summed E-state index contributed by atoms with van der Waals surface area (Å²) < 4.78 is 25.9. The van der Waals surface area contributed by atoms with Crippen molar-refractivity contribution < 1.29 is 8.78 Å². The lowest BCUT2D eigenvalue weighted by atomic mass is 10.4. The van der Waals surface area contributed by atoms with E-state index in [0.29, 0.717) is 4.90 Å². The van der Waals surface area contributed by atoms with E-state index in [4.69, 9.17) is 0 Å². The molecule has 0 aliphatic rings. The maximum absolute atomic E-state index is 13.1. The molecule has 0 unspecified atom stereocenters. The molecule has 0 fully saturated rings. The van der Waals surface area contributed by atoms with E-state index in [-0.39, 0.29) is 10.8 Å². The van der Waals surface area contributed by atoms with Gasteiger partial charge in [0.25, 0.3) is 0 Å². The van der Waals surface area contributed by atoms with Crippen molar-refractivity contribution in [3.8, 4) is 0 Å². The zero-order valence-electron chi connectivity index (χ0n) is 7.45. The van der Waals surface area contributed by atoms with Crippen molar-refractivity contribution in [2.45, 2.75) is 9.92 Å². The van der Waals surface area contributed by atoms with Gasteiger partial charge in [0.2, 0.25) is 0 Å². The van der Waals surface area contributed by atoms with Gasteiger partial charge in [0, 0.05) is 4.90 Å². The summed E-state index contributed by atoms with van der Waals surface area (Å²) >= 11 is 1.03. The molecule has 1 radical (unpaired) electrons. The van der Waals surface area contributed by atoms with Crippen LogP contribution in [-0.2, 0) is 0 Å². The lowest BCUT2D eigenvalue weighted by Gasteiger charge is -2.00. The van der Waals surface area contributed by atoms with E-state index in [1.807, 2.05) is 0 Å². The largest absolute Gasteiger partial charge is 0.231 e. The van der Waals surface area contributed by atoms with Gasteiger partial charge in [-0.05, 0) is 18.2 Å². The Bertz CT molecular complexity index is 476. The van der Waals surface area contributed by atoms with E-state index >= 15 is 0 Å². The quantitative estimate of drug-likeness (QED) is 0.732. The van der Waals surface area contributed by atoms with Crippen LogP contribution in [0.1, 0.15) is 0 Å². The molecule has 0 spiro atoms. The zero-order chi connectivity index (χ0) is 10.7. The van der Waals surface area contributed by atoms with Crippen LogP contribution in [0.2, 0.25) is 0 Å². The third-order valence-electron chi connectivity index (χ3n) is 1.60. The van der Waals surface area contributed by atoms with Gasteiger partial charge in [0.05, 0.1) is 6.20 Å². The minimum atomic E-state index is -0.539. The number of rotatable bonds is 2. The van der Waals surface area contributed by atoms with Gasteiger partial charge in [-0.2, -0.15) is 0 Å². The highest BCUT2D eigenvalue weighted by Crippen LogP contribution is 2.27. The molecule has 0 bridgehead atoms. The zero-order valence-corrected chi connectivity index (χ0v) is 8.26. The van der Waals surface area contributed by atoms with E-state index in [1.54, 1.807) is 12.1 Å². The maximum Gasteiger partial charge on any atom is 0.199 e. The van der Waals surface area contributed by atoms with Crippen molar-refractivity contribution in [1.29, 1.82) is 0 Å². The van der Waals surface area contributed by atoms with Crippen LogP contribution in [0.4, 0.5) is 8.78 Å². The lowest BCUT2D eigenvalue weighted by Crippen LogP contribution is -1.88. The highest BCUT2D eigenvalue weighted by molar-refractivity contribution is 7.99. The Morgan fingerprint density at radius 1 is 1.27 bits per heavy atom. The summed E-state index contributed by atoms with van der Waals surface area (Å²) in [6, 6.07) is 5.87. The number of benzene rings is 1. The second-order valence-corrected chi connectivity index (χ2v) is 3.74. The number of halogens is 2. The molecule has 75 valence electrons. The second-order valence-electron chi connectivity index (χ2n) is 2.68. The fourth-order valence-corrected chi connectivity index (χ4v) is 1.76. The van der Waals surface area contributed by atoms with E-state index in [1.165, 1.54) is 12.1 Å². The molecule has 0 aliphatic carbocycles. The minimum Gasteiger partial charge on any atom is -0.231 e. The standard InChI is InChI=1S/C10H5F2N2S/c11-7-2-1-3-8(4-7)15-10-9(12)5-13-6-14-10/h1-5H. The van der Waals surface area contributed by atoms with Gasteiger partial charge in [0.15, 0.2) is 12.1 Å². The predicted octanol–water partition coefficient (Wildman–Crippen LogP) is 2.71. The van der Waals surface area contributed by atoms with Crippen molar-refractivity contribution in [2.75, 3.05) is 0 Å². The van der Waals surface area contributed by atoms with Crippen molar-refractivity contribution >= 4 is 11.8 Å². The van der Waals surface area contributed by atoms with E-state index in [2.05, 4.69) is 16.3 Å². The smallest absolute Gasteiger partial charge is 0.199 e. The summed E-state index contributed by atoms with van der Waals surface area (Å²) in [5.74, 6) is -0.901. The van der Waals surface area contributed by atoms with Crippen LogP contribution in [0.25, 0.3) is 0 Å². The molecule has 15 heavy (non-hydrogen) atoms. The van der Waals surface area contributed by atoms with Crippen LogP contribution in [0.15, 0.2) is 40.4 Å². The molecule has 1 aromatic carbocycles. The molecular weight excluding hydrogens is 218 g/mol. The van der Waals surface area contributed by atoms with E-state index < -0.39 is 5.82 Å². The number of hydrogen-bond donors (Lipinski definition) is 0. The molecule has 1 heterocycles. The first-order valence-electron chi connectivity index (χ1n) is 4.08. The first-order chi connectivity index (χ1) is 7.25. The average molecular weight is 223 g/mol. The van der Waals surface area contributed by atoms with Crippen LogP contribution in [0.3, 0.4) is 0 Å². The fraction of sp³-hybridized carbons (Fsp3) is 0. The van der Waals surface area contributed by atoms with Gasteiger partial charge in [-0.1, -0.05) is 17.8 Å². The van der Waals surface area contributed by atoms with Crippen molar-refractivity contribution in [1.82, 2.24) is 9.97 Å². The number of nitrogens with zero attached hydrogens (tertiary/aromatic N) is 2. The Morgan fingerprint density at radius 2 is 2.13 bits per heavy atom. The molecule has 1 aromatic heterocycles. The van der Waals surface area contributed by atoms with Gasteiger partial charge in [0.1, 0.15) is 10.8 Å². The van der Waals surface area contributed by atoms with E-state index in [9.17, 15) is 8.78 Å². The van der Waals surface area contributed by atoms with Crippen molar-refractivity contribution in [3.63, 3.8) is 0 Å². The highest BCUT2D eigenvalue weighted by Gasteiger charge is 2.05. The molecule has 0 N–H and O–H groups in total. The topological polar surface area (TPSA) is 25.8 Å². The minimum absolute atomic E-state index is 0.135. The summed E-state index contributed by atoms with van der Waals surface area (Å²) in [4.78, 5) is 7.62. The fourth-order valence-electron chi connectivity index (χ4n) is 0.982. The number of hydrogen-bond acceptors (Lipinski definition) is 3. The van der Waals surface area contributed by atoms with Crippen LogP contribution in [0, 0.1) is 18.0 Å². The number of aromatic nitrogens is 2. The highest BCUT2D eigenvalue weighted by atomic mass is 32.2. The second kappa shape index (κ2) is 4.35. The normalized spacial score (nSPS) is 10.3. The SMILES string of the molecule is Fc1cccc(Sc2n[c]ncc2F)c1. The monoisotopic (exact) mass is 223 g/mol. The summed E-state index contributed by atoms with van der Waals surface area (Å²) in [7, 11) is 0. The Labute approximate surface area is 89.4 Å². The van der Waals surface area contributed by atoms with Crippen molar-refractivity contribution in [2.24, 2.45) is 0 Å². The van der Waals surface area contributed by atoms with Gasteiger partial charge >= 0.3 is 0 Å². The first-order valence-corrected chi connectivity index (χ1v) is 4.89. The molecule has 2 rings (SSSR count). The molecule has 0 aliphatic heterocycles. The summed E-state index contributed by atoms with van der Waals surface area (Å²) in [5.41, 5.74) is 0. The van der Waals surface area contributed by atoms with E-state index in [0.717, 1.165) is 18.0 Å². The molecule has 0 atom stereocenters. The summed E-state index contributed by atoms with van der Waals surface area (Å²) in [6.07, 6.45) is 3.30. The molecule has 5 heteroatoms.